The van der Waals surface area contributed by atoms with E-state index in [1.165, 1.54) is 6.92 Å². The smallest absolute Gasteiger partial charge is 0.410 e. The fourth-order valence-electron chi connectivity index (χ4n) is 5.16. The van der Waals surface area contributed by atoms with E-state index in [0.717, 1.165) is 12.8 Å². The Balaban J connectivity index is 1.67. The first-order chi connectivity index (χ1) is 16.4. The zero-order chi connectivity index (χ0) is 25.3. The van der Waals surface area contributed by atoms with Crippen molar-refractivity contribution in [3.8, 4) is 5.88 Å². The summed E-state index contributed by atoms with van der Waals surface area (Å²) >= 11 is 6.00. The first-order valence-electron chi connectivity index (χ1n) is 11.6. The number of hydrogen-bond donors (Lipinski definition) is 0. The van der Waals surface area contributed by atoms with Crippen molar-refractivity contribution in [2.24, 2.45) is 0 Å². The third-order valence-electron chi connectivity index (χ3n) is 6.66. The molecule has 1 amide bonds. The Labute approximate surface area is 207 Å². The third kappa shape index (κ3) is 4.04. The Hall–Kier alpha value is -2.47. The predicted octanol–water partition coefficient (Wildman–Crippen LogP) is 3.35. The van der Waals surface area contributed by atoms with Crippen LogP contribution in [0.1, 0.15) is 47.0 Å². The Morgan fingerprint density at radius 2 is 1.94 bits per heavy atom. The number of sulfone groups is 1. The summed E-state index contributed by atoms with van der Waals surface area (Å²) in [6.45, 7) is 7.56. The van der Waals surface area contributed by atoms with Gasteiger partial charge in [-0.1, -0.05) is 18.5 Å². The lowest BCUT2D eigenvalue weighted by molar-refractivity contribution is 0.00637. The second kappa shape index (κ2) is 8.29. The molecule has 0 unspecified atom stereocenters. The zero-order valence-corrected chi connectivity index (χ0v) is 21.5. The van der Waals surface area contributed by atoms with Gasteiger partial charge >= 0.3 is 6.09 Å². The second-order valence-corrected chi connectivity index (χ2v) is 12.6. The number of piperazine rings is 1. The number of pyridine rings is 1. The number of aromatic nitrogens is 3. The van der Waals surface area contributed by atoms with Gasteiger partial charge in [0, 0.05) is 13.0 Å². The Morgan fingerprint density at radius 3 is 2.63 bits per heavy atom. The molecule has 5 rings (SSSR count). The number of anilines is 1. The molecule has 3 atom stereocenters. The van der Waals surface area contributed by atoms with E-state index in [1.54, 1.807) is 4.90 Å². The Bertz CT molecular complexity index is 1320. The highest BCUT2D eigenvalue weighted by Crippen LogP contribution is 2.44. The van der Waals surface area contributed by atoms with E-state index in [0.29, 0.717) is 13.0 Å². The largest absolute Gasteiger partial charge is 0.477 e. The average molecular weight is 528 g/mol. The Kier molecular flexibility index (Phi) is 5.74. The molecule has 0 spiro atoms. The molecule has 0 aromatic carbocycles. The van der Waals surface area contributed by atoms with E-state index in [1.807, 2.05) is 25.7 Å². The second-order valence-electron chi connectivity index (χ2n) is 10.0. The molecule has 5 heterocycles. The first-order valence-corrected chi connectivity index (χ1v) is 13.6. The summed E-state index contributed by atoms with van der Waals surface area (Å²) in [5.74, 6) is -0.895. The van der Waals surface area contributed by atoms with Gasteiger partial charge in [0.05, 0.1) is 30.5 Å². The van der Waals surface area contributed by atoms with Crippen LogP contribution in [0.2, 0.25) is 5.15 Å². The molecule has 35 heavy (non-hydrogen) atoms. The van der Waals surface area contributed by atoms with Gasteiger partial charge in [0.25, 0.3) is 0 Å². The molecule has 2 bridgehead atoms. The minimum Gasteiger partial charge on any atom is -0.477 e. The average Bonchev–Trinajstić information content (AvgIpc) is 3.10. The summed E-state index contributed by atoms with van der Waals surface area (Å²) in [4.78, 5) is 29.3. The van der Waals surface area contributed by atoms with Crippen LogP contribution in [0, 0.1) is 5.82 Å². The standard InChI is InChI=1S/C22H27ClFN5O5S/c1-5-35(31,32)20-25-16-14-18(27-20)28-10-11-6-7-13(29(11)21(30)34-22(2,3)4)12(28)8-9-33-19(14)26-17(23)15(16)24/h11-13H,5-10H2,1-4H3/t11-,12-,13+/m1/s1. The molecular weight excluding hydrogens is 501 g/mol. The van der Waals surface area contributed by atoms with Crippen LogP contribution in [0.4, 0.5) is 15.0 Å². The topological polar surface area (TPSA) is 115 Å². The fourth-order valence-corrected chi connectivity index (χ4v) is 6.04. The molecule has 0 saturated carbocycles. The van der Waals surface area contributed by atoms with Crippen LogP contribution in [0.15, 0.2) is 5.16 Å². The predicted molar refractivity (Wildman–Crippen MR) is 126 cm³/mol. The zero-order valence-electron chi connectivity index (χ0n) is 19.9. The lowest BCUT2D eigenvalue weighted by Gasteiger charge is -2.48. The molecule has 0 N–H and O–H groups in total. The van der Waals surface area contributed by atoms with Gasteiger partial charge in [0.2, 0.25) is 20.9 Å². The highest BCUT2D eigenvalue weighted by Gasteiger charge is 2.51. The van der Waals surface area contributed by atoms with Crippen LogP contribution in [0.3, 0.4) is 0 Å². The normalized spacial score (nSPS) is 24.0. The van der Waals surface area contributed by atoms with E-state index in [4.69, 9.17) is 21.1 Å². The van der Waals surface area contributed by atoms with Gasteiger partial charge < -0.3 is 14.4 Å². The lowest BCUT2D eigenvalue weighted by atomic mass is 9.99. The fraction of sp³-hybridized carbons (Fsp3) is 0.636. The number of halogens is 2. The van der Waals surface area contributed by atoms with Crippen LogP contribution in [0.25, 0.3) is 10.9 Å². The van der Waals surface area contributed by atoms with Gasteiger partial charge in [-0.3, -0.25) is 4.90 Å². The minimum atomic E-state index is -3.86. The highest BCUT2D eigenvalue weighted by molar-refractivity contribution is 7.91. The molecule has 2 aromatic rings. The summed E-state index contributed by atoms with van der Waals surface area (Å²) in [6.07, 6.45) is 1.63. The van der Waals surface area contributed by atoms with Gasteiger partial charge in [0.1, 0.15) is 22.3 Å². The third-order valence-corrected chi connectivity index (χ3v) is 8.41. The van der Waals surface area contributed by atoms with Crippen molar-refractivity contribution in [1.29, 1.82) is 0 Å². The van der Waals surface area contributed by atoms with Crippen LogP contribution in [-0.4, -0.2) is 77.0 Å². The van der Waals surface area contributed by atoms with Gasteiger partial charge in [-0.15, -0.1) is 0 Å². The summed E-state index contributed by atoms with van der Waals surface area (Å²) in [5.41, 5.74) is -0.888. The van der Waals surface area contributed by atoms with Gasteiger partial charge in [0.15, 0.2) is 11.0 Å². The van der Waals surface area contributed by atoms with Crippen LogP contribution < -0.4 is 9.64 Å². The maximum absolute atomic E-state index is 15.1. The van der Waals surface area contributed by atoms with Crippen molar-refractivity contribution in [1.82, 2.24) is 19.9 Å². The summed E-state index contributed by atoms with van der Waals surface area (Å²) in [7, 11) is -3.86. The van der Waals surface area contributed by atoms with Gasteiger partial charge in [-0.2, -0.15) is 4.98 Å². The number of rotatable bonds is 2. The summed E-state index contributed by atoms with van der Waals surface area (Å²) in [6, 6.07) is -0.616. The molecule has 2 fully saturated rings. The molecule has 2 aromatic heterocycles. The molecular formula is C22H27ClFN5O5S. The Morgan fingerprint density at radius 1 is 1.20 bits per heavy atom. The molecule has 3 aliphatic rings. The molecule has 190 valence electrons. The van der Waals surface area contributed by atoms with E-state index in [-0.39, 0.29) is 59.2 Å². The molecule has 3 aliphatic heterocycles. The number of amides is 1. The molecule has 2 saturated heterocycles. The van der Waals surface area contributed by atoms with E-state index in [2.05, 4.69) is 15.0 Å². The minimum absolute atomic E-state index is 0.0576. The number of ether oxygens (including phenoxy) is 2. The number of carbonyl (C=O) groups excluding carboxylic acids is 1. The van der Waals surface area contributed by atoms with E-state index >= 15 is 4.39 Å². The van der Waals surface area contributed by atoms with Crippen LogP contribution >= 0.6 is 11.6 Å². The van der Waals surface area contributed by atoms with Crippen molar-refractivity contribution in [2.75, 3.05) is 23.8 Å². The number of fused-ring (bicyclic) bond motifs is 5. The molecule has 0 aliphatic carbocycles. The summed E-state index contributed by atoms with van der Waals surface area (Å²) in [5, 5.41) is -0.753. The van der Waals surface area contributed by atoms with Crippen molar-refractivity contribution in [3.63, 3.8) is 0 Å². The van der Waals surface area contributed by atoms with E-state index in [9.17, 15) is 13.2 Å². The molecule has 13 heteroatoms. The van der Waals surface area contributed by atoms with Crippen LogP contribution in [-0.2, 0) is 14.6 Å². The monoisotopic (exact) mass is 527 g/mol. The van der Waals surface area contributed by atoms with Crippen molar-refractivity contribution < 1.29 is 27.1 Å². The SMILES string of the molecule is CCS(=O)(=O)c1nc2c3c(nc(Cl)c(F)c3n1)OCC[C@@H]1[C@@H]3CC[C@H](CN21)N3C(=O)OC(C)(C)C. The highest BCUT2D eigenvalue weighted by atomic mass is 35.5. The van der Waals surface area contributed by atoms with Gasteiger partial charge in [-0.05, 0) is 33.6 Å². The van der Waals surface area contributed by atoms with Gasteiger partial charge in [-0.25, -0.2) is 27.6 Å². The quantitative estimate of drug-likeness (QED) is 0.428. The number of hydrogen-bond acceptors (Lipinski definition) is 9. The summed E-state index contributed by atoms with van der Waals surface area (Å²) < 4.78 is 52.1. The lowest BCUT2D eigenvalue weighted by Crippen LogP contribution is -2.62. The maximum atomic E-state index is 15.1. The first kappa shape index (κ1) is 24.2. The molecule has 10 nitrogen and oxygen atoms in total. The maximum Gasteiger partial charge on any atom is 0.410 e. The molecule has 0 radical (unpaired) electrons. The van der Waals surface area contributed by atoms with Crippen molar-refractivity contribution in [3.05, 3.63) is 11.0 Å². The van der Waals surface area contributed by atoms with E-state index < -0.39 is 31.6 Å². The van der Waals surface area contributed by atoms with Crippen molar-refractivity contribution in [2.45, 2.75) is 75.8 Å². The number of carbonyl (C=O) groups is 1. The van der Waals surface area contributed by atoms with Crippen LogP contribution in [0.5, 0.6) is 5.88 Å². The number of nitrogens with zero attached hydrogens (tertiary/aromatic N) is 5. The van der Waals surface area contributed by atoms with Crippen molar-refractivity contribution >= 4 is 44.3 Å².